The second-order valence-corrected chi connectivity index (χ2v) is 3.15. The molecule has 2 aliphatic heterocycles. The molecule has 13 heavy (non-hydrogen) atoms. The van der Waals surface area contributed by atoms with Gasteiger partial charge in [0.05, 0.1) is 0 Å². The number of cyclic esters (lactones) is 1. The summed E-state index contributed by atoms with van der Waals surface area (Å²) in [4.78, 5) is 12.9. The minimum atomic E-state index is -0.179. The van der Waals surface area contributed by atoms with Crippen LogP contribution in [0, 0.1) is 6.54 Å². The molecule has 5 heteroatoms. The normalized spacial score (nSPS) is 24.0. The van der Waals surface area contributed by atoms with Crippen molar-refractivity contribution in [1.29, 1.82) is 0 Å². The first-order chi connectivity index (χ1) is 5.88. The van der Waals surface area contributed by atoms with Gasteiger partial charge in [0.25, 0.3) is 0 Å². The first-order valence-electron chi connectivity index (χ1n) is 4.37. The molecule has 1 amide bonds. The van der Waals surface area contributed by atoms with Gasteiger partial charge in [0.2, 0.25) is 0 Å². The third kappa shape index (κ3) is 2.64. The molecule has 1 N–H and O–H groups in total. The summed E-state index contributed by atoms with van der Waals surface area (Å²) in [5, 5.41) is 3.26. The van der Waals surface area contributed by atoms with E-state index in [-0.39, 0.29) is 38.8 Å². The van der Waals surface area contributed by atoms with Gasteiger partial charge in [0, 0.05) is 38.8 Å². The molecule has 0 unspecified atom stereocenters. The number of hydrogen-bond donors (Lipinski definition) is 1. The minimum absolute atomic E-state index is 0. The van der Waals surface area contributed by atoms with Crippen LogP contribution in [0.25, 0.3) is 0 Å². The number of amides is 1. The van der Waals surface area contributed by atoms with E-state index in [9.17, 15) is 4.79 Å². The van der Waals surface area contributed by atoms with Crippen LogP contribution in [-0.4, -0.2) is 36.7 Å². The Labute approximate surface area is 103 Å². The average Bonchev–Trinajstić information content (AvgIpc) is 2.53. The number of nitrogens with zero attached hydrogens (tertiary/aromatic N) is 1. The van der Waals surface area contributed by atoms with Gasteiger partial charge in [-0.3, -0.25) is 0 Å². The molecule has 0 saturated carbocycles. The molecule has 2 heterocycles. The summed E-state index contributed by atoms with van der Waals surface area (Å²) in [7, 11) is 0. The average molecular weight is 258 g/mol. The summed E-state index contributed by atoms with van der Waals surface area (Å²) in [6.07, 6.45) is 1.89. The van der Waals surface area contributed by atoms with Crippen LogP contribution in [0.15, 0.2) is 0 Å². The molecule has 2 rings (SSSR count). The molecule has 2 aliphatic rings. The zero-order valence-electron chi connectivity index (χ0n) is 7.53. The van der Waals surface area contributed by atoms with E-state index < -0.39 is 0 Å². The summed E-state index contributed by atoms with van der Waals surface area (Å²) in [5.74, 6) is 0. The molecule has 2 fully saturated rings. The number of hydrogen-bond acceptors (Lipinski definition) is 3. The smallest absolute Gasteiger partial charge is 0.377 e. The monoisotopic (exact) mass is 258 g/mol. The van der Waals surface area contributed by atoms with Crippen LogP contribution in [0.1, 0.15) is 12.8 Å². The molecular formula is C8H13N2O2Y-. The van der Waals surface area contributed by atoms with Crippen LogP contribution in [0.2, 0.25) is 0 Å². The second-order valence-electron chi connectivity index (χ2n) is 3.15. The Morgan fingerprint density at radius 3 is 2.69 bits per heavy atom. The van der Waals surface area contributed by atoms with Crippen LogP contribution >= 0.6 is 0 Å². The van der Waals surface area contributed by atoms with Gasteiger partial charge in [0.1, 0.15) is 0 Å². The van der Waals surface area contributed by atoms with E-state index in [4.69, 9.17) is 4.74 Å². The van der Waals surface area contributed by atoms with E-state index in [1.54, 1.807) is 4.90 Å². The summed E-state index contributed by atoms with van der Waals surface area (Å²) >= 11 is 0. The maximum Gasteiger partial charge on any atom is 0.377 e. The first-order valence-corrected chi connectivity index (χ1v) is 4.37. The number of piperidine rings is 1. The minimum Gasteiger partial charge on any atom is -0.483 e. The predicted octanol–water partition coefficient (Wildman–Crippen LogP) is 0.350. The van der Waals surface area contributed by atoms with Crippen molar-refractivity contribution in [3.63, 3.8) is 0 Å². The fraction of sp³-hybridized carbons (Fsp3) is 0.750. The third-order valence-electron chi connectivity index (χ3n) is 2.39. The Kier molecular flexibility index (Phi) is 4.63. The van der Waals surface area contributed by atoms with E-state index in [0.717, 1.165) is 25.9 Å². The molecular weight excluding hydrogens is 245 g/mol. The van der Waals surface area contributed by atoms with E-state index in [2.05, 4.69) is 5.32 Å². The van der Waals surface area contributed by atoms with Crippen LogP contribution in [0.4, 0.5) is 4.79 Å². The fourth-order valence-electron chi connectivity index (χ4n) is 1.72. The van der Waals surface area contributed by atoms with Gasteiger partial charge in [-0.15, -0.1) is 0 Å². The molecule has 0 bridgehead atoms. The van der Waals surface area contributed by atoms with Crippen LogP contribution in [-0.2, 0) is 37.4 Å². The van der Waals surface area contributed by atoms with Crippen molar-refractivity contribution in [3.05, 3.63) is 6.54 Å². The summed E-state index contributed by atoms with van der Waals surface area (Å²) < 4.78 is 4.83. The van der Waals surface area contributed by atoms with Gasteiger partial charge in [-0.2, -0.15) is 6.54 Å². The number of carbonyl (C=O) groups is 1. The molecule has 0 aromatic heterocycles. The van der Waals surface area contributed by atoms with Crippen LogP contribution in [0.3, 0.4) is 0 Å². The summed E-state index contributed by atoms with van der Waals surface area (Å²) in [5.41, 5.74) is 0. The number of carbonyl (C=O) groups excluding carboxylic acids is 1. The number of rotatable bonds is 1. The van der Waals surface area contributed by atoms with Crippen molar-refractivity contribution in [3.8, 4) is 0 Å². The van der Waals surface area contributed by atoms with Crippen molar-refractivity contribution in [2.45, 2.75) is 18.9 Å². The Hall–Kier alpha value is 0.334. The SMILES string of the molecule is O=C1OC[CH-]N1C1CCNCC1.[Y]. The van der Waals surface area contributed by atoms with Gasteiger partial charge in [-0.25, -0.2) is 4.79 Å². The van der Waals surface area contributed by atoms with Crippen LogP contribution in [0.5, 0.6) is 0 Å². The zero-order valence-corrected chi connectivity index (χ0v) is 10.4. The molecule has 0 aromatic carbocycles. The number of nitrogens with one attached hydrogen (secondary N) is 1. The van der Waals surface area contributed by atoms with E-state index >= 15 is 0 Å². The largest absolute Gasteiger partial charge is 0.483 e. The maximum atomic E-state index is 11.1. The molecule has 0 atom stereocenters. The van der Waals surface area contributed by atoms with Gasteiger partial charge in [0.15, 0.2) is 0 Å². The molecule has 0 aromatic rings. The fourth-order valence-corrected chi connectivity index (χ4v) is 1.72. The van der Waals surface area contributed by atoms with Crippen molar-refractivity contribution in [2.75, 3.05) is 19.7 Å². The van der Waals surface area contributed by atoms with E-state index in [1.807, 2.05) is 6.54 Å². The molecule has 1 radical (unpaired) electrons. The maximum absolute atomic E-state index is 11.1. The molecule has 0 aliphatic carbocycles. The Morgan fingerprint density at radius 2 is 2.15 bits per heavy atom. The van der Waals surface area contributed by atoms with Gasteiger partial charge >= 0.3 is 6.09 Å². The van der Waals surface area contributed by atoms with Crippen molar-refractivity contribution in [2.24, 2.45) is 0 Å². The molecule has 2 saturated heterocycles. The van der Waals surface area contributed by atoms with E-state index in [1.165, 1.54) is 0 Å². The topological polar surface area (TPSA) is 41.6 Å². The third-order valence-corrected chi connectivity index (χ3v) is 2.39. The molecule has 4 nitrogen and oxygen atoms in total. The molecule has 71 valence electrons. The van der Waals surface area contributed by atoms with Crippen molar-refractivity contribution in [1.82, 2.24) is 10.2 Å². The Balaban J connectivity index is 0.000000845. The van der Waals surface area contributed by atoms with Gasteiger partial charge in [-0.1, -0.05) is 0 Å². The summed E-state index contributed by atoms with van der Waals surface area (Å²) in [6.45, 7) is 4.30. The van der Waals surface area contributed by atoms with Gasteiger partial charge < -0.3 is 15.0 Å². The second kappa shape index (κ2) is 5.27. The van der Waals surface area contributed by atoms with E-state index in [0.29, 0.717) is 12.6 Å². The number of ether oxygens (including phenoxy) is 1. The first kappa shape index (κ1) is 11.4. The standard InChI is InChI=1S/C8H13N2O2.Y/c11-8-10(5-6-12-8)7-1-3-9-4-2-7;/h5,7,9H,1-4,6H2;/q-1;. The van der Waals surface area contributed by atoms with Crippen molar-refractivity contribution >= 4 is 6.09 Å². The summed E-state index contributed by atoms with van der Waals surface area (Å²) in [6, 6.07) is 0.362. The predicted molar refractivity (Wildman–Crippen MR) is 43.4 cm³/mol. The Morgan fingerprint density at radius 1 is 1.46 bits per heavy atom. The Bertz CT molecular complexity index is 183. The zero-order chi connectivity index (χ0) is 8.39. The van der Waals surface area contributed by atoms with Crippen molar-refractivity contribution < 1.29 is 42.2 Å². The quantitative estimate of drug-likeness (QED) is 0.690. The van der Waals surface area contributed by atoms with Crippen LogP contribution < -0.4 is 5.32 Å². The van der Waals surface area contributed by atoms with Gasteiger partial charge in [-0.05, 0) is 32.5 Å². The molecule has 0 spiro atoms.